The molecule has 0 unspecified atom stereocenters. The van der Waals surface area contributed by atoms with Gasteiger partial charge in [0.25, 0.3) is 0 Å². The third kappa shape index (κ3) is 2.16. The van der Waals surface area contributed by atoms with E-state index in [9.17, 15) is 4.79 Å². The maximum atomic E-state index is 12.0. The van der Waals surface area contributed by atoms with Crippen molar-refractivity contribution in [3.63, 3.8) is 0 Å². The van der Waals surface area contributed by atoms with Crippen molar-refractivity contribution in [1.29, 1.82) is 0 Å². The maximum absolute atomic E-state index is 12.0. The molecule has 2 nitrogen and oxygen atoms in total. The minimum Gasteiger partial charge on any atom is -0.289 e. The van der Waals surface area contributed by atoms with Crippen LogP contribution in [0.25, 0.3) is 0 Å². The van der Waals surface area contributed by atoms with Gasteiger partial charge >= 0.3 is 0 Å². The third-order valence-electron chi connectivity index (χ3n) is 2.55. The molecule has 0 atom stereocenters. The highest BCUT2D eigenvalue weighted by atomic mass is 16.1. The minimum absolute atomic E-state index is 0.0238. The molecular weight excluding hydrogens is 198 g/mol. The van der Waals surface area contributed by atoms with Gasteiger partial charge in [-0.05, 0) is 24.1 Å². The molecule has 2 rings (SSSR count). The molecule has 0 aliphatic carbocycles. The lowest BCUT2D eigenvalue weighted by Crippen LogP contribution is -2.01. The second-order valence-corrected chi connectivity index (χ2v) is 3.62. The average molecular weight is 211 g/mol. The predicted molar refractivity (Wildman–Crippen MR) is 63.5 cm³/mol. The Labute approximate surface area is 95.0 Å². The lowest BCUT2D eigenvalue weighted by atomic mass is 10.0. The van der Waals surface area contributed by atoms with Gasteiger partial charge < -0.3 is 0 Å². The van der Waals surface area contributed by atoms with Gasteiger partial charge in [-0.1, -0.05) is 31.2 Å². The van der Waals surface area contributed by atoms with Gasteiger partial charge in [0.2, 0.25) is 0 Å². The van der Waals surface area contributed by atoms with Crippen LogP contribution in [0.3, 0.4) is 0 Å². The van der Waals surface area contributed by atoms with Crippen molar-refractivity contribution in [2.45, 2.75) is 13.3 Å². The Kier molecular flexibility index (Phi) is 3.10. The Hall–Kier alpha value is -1.96. The second kappa shape index (κ2) is 4.71. The van der Waals surface area contributed by atoms with Gasteiger partial charge in [-0.3, -0.25) is 9.78 Å². The maximum Gasteiger partial charge on any atom is 0.194 e. The number of hydrogen-bond donors (Lipinski definition) is 0. The fourth-order valence-electron chi connectivity index (χ4n) is 1.56. The molecule has 0 radical (unpaired) electrons. The molecule has 0 saturated carbocycles. The van der Waals surface area contributed by atoms with Crippen molar-refractivity contribution < 1.29 is 4.79 Å². The first-order valence-electron chi connectivity index (χ1n) is 5.35. The van der Waals surface area contributed by atoms with E-state index in [0.29, 0.717) is 11.1 Å². The Bertz CT molecular complexity index is 474. The average Bonchev–Trinajstić information content (AvgIpc) is 2.39. The highest BCUT2D eigenvalue weighted by Crippen LogP contribution is 2.10. The van der Waals surface area contributed by atoms with Crippen LogP contribution >= 0.6 is 0 Å². The van der Waals surface area contributed by atoms with E-state index in [1.54, 1.807) is 24.5 Å². The van der Waals surface area contributed by atoms with E-state index in [2.05, 4.69) is 11.9 Å². The summed E-state index contributed by atoms with van der Waals surface area (Å²) in [6.07, 6.45) is 4.24. The Morgan fingerprint density at radius 3 is 2.44 bits per heavy atom. The summed E-state index contributed by atoms with van der Waals surface area (Å²) in [5, 5.41) is 0. The fraction of sp³-hybridized carbons (Fsp3) is 0.143. The Balaban J connectivity index is 2.28. The molecule has 0 fully saturated rings. The number of pyridine rings is 1. The van der Waals surface area contributed by atoms with E-state index >= 15 is 0 Å². The fourth-order valence-corrected chi connectivity index (χ4v) is 1.56. The van der Waals surface area contributed by atoms with E-state index in [1.807, 2.05) is 24.3 Å². The first-order valence-corrected chi connectivity index (χ1v) is 5.35. The molecule has 0 aliphatic heterocycles. The van der Waals surface area contributed by atoms with Crippen LogP contribution in [0.5, 0.6) is 0 Å². The molecule has 80 valence electrons. The van der Waals surface area contributed by atoms with Crippen molar-refractivity contribution in [3.8, 4) is 0 Å². The number of carbonyl (C=O) groups excluding carboxylic acids is 1. The van der Waals surface area contributed by atoms with Gasteiger partial charge in [-0.15, -0.1) is 0 Å². The number of rotatable bonds is 3. The summed E-state index contributed by atoms with van der Waals surface area (Å²) in [7, 11) is 0. The highest BCUT2D eigenvalue weighted by molar-refractivity contribution is 6.08. The SMILES string of the molecule is CCc1ccc(C(=O)c2cccnc2)cc1. The van der Waals surface area contributed by atoms with Crippen LogP contribution < -0.4 is 0 Å². The van der Waals surface area contributed by atoms with Crippen molar-refractivity contribution in [2.24, 2.45) is 0 Å². The van der Waals surface area contributed by atoms with Gasteiger partial charge in [0.1, 0.15) is 0 Å². The predicted octanol–water partition coefficient (Wildman–Crippen LogP) is 2.88. The zero-order chi connectivity index (χ0) is 11.4. The normalized spacial score (nSPS) is 10.1. The molecule has 2 aromatic rings. The molecule has 0 amide bonds. The number of aryl methyl sites for hydroxylation is 1. The minimum atomic E-state index is 0.0238. The summed E-state index contributed by atoms with van der Waals surface area (Å²) in [6, 6.07) is 11.3. The summed E-state index contributed by atoms with van der Waals surface area (Å²) >= 11 is 0. The number of carbonyl (C=O) groups is 1. The van der Waals surface area contributed by atoms with Gasteiger partial charge in [-0.25, -0.2) is 0 Å². The Morgan fingerprint density at radius 1 is 1.12 bits per heavy atom. The molecule has 1 aromatic carbocycles. The van der Waals surface area contributed by atoms with Gasteiger partial charge in [0.15, 0.2) is 5.78 Å². The van der Waals surface area contributed by atoms with Crippen LogP contribution in [-0.4, -0.2) is 10.8 Å². The van der Waals surface area contributed by atoms with Gasteiger partial charge in [0.05, 0.1) is 0 Å². The molecule has 0 saturated heterocycles. The van der Waals surface area contributed by atoms with Crippen LogP contribution in [0.4, 0.5) is 0 Å². The highest BCUT2D eigenvalue weighted by Gasteiger charge is 2.07. The summed E-state index contributed by atoms with van der Waals surface area (Å²) in [4.78, 5) is 16.0. The molecule has 0 N–H and O–H groups in total. The van der Waals surface area contributed by atoms with Crippen LogP contribution in [-0.2, 0) is 6.42 Å². The molecule has 2 heteroatoms. The number of hydrogen-bond acceptors (Lipinski definition) is 2. The number of aromatic nitrogens is 1. The topological polar surface area (TPSA) is 30.0 Å². The lowest BCUT2D eigenvalue weighted by molar-refractivity contribution is 0.103. The first-order chi connectivity index (χ1) is 7.81. The van der Waals surface area contributed by atoms with Crippen molar-refractivity contribution >= 4 is 5.78 Å². The van der Waals surface area contributed by atoms with Crippen molar-refractivity contribution in [3.05, 3.63) is 65.5 Å². The van der Waals surface area contributed by atoms with E-state index < -0.39 is 0 Å². The number of ketones is 1. The second-order valence-electron chi connectivity index (χ2n) is 3.62. The van der Waals surface area contributed by atoms with Crippen LogP contribution in [0, 0.1) is 0 Å². The van der Waals surface area contributed by atoms with Crippen molar-refractivity contribution in [2.75, 3.05) is 0 Å². The molecule has 0 spiro atoms. The number of nitrogens with zero attached hydrogens (tertiary/aromatic N) is 1. The van der Waals surface area contributed by atoms with Crippen LogP contribution in [0.1, 0.15) is 28.4 Å². The standard InChI is InChI=1S/C14H13NO/c1-2-11-5-7-12(8-6-11)14(16)13-4-3-9-15-10-13/h3-10H,2H2,1H3. The zero-order valence-electron chi connectivity index (χ0n) is 9.18. The summed E-state index contributed by atoms with van der Waals surface area (Å²) in [5.41, 5.74) is 2.58. The number of benzene rings is 1. The van der Waals surface area contributed by atoms with Crippen LogP contribution in [0.15, 0.2) is 48.8 Å². The van der Waals surface area contributed by atoms with E-state index in [1.165, 1.54) is 5.56 Å². The van der Waals surface area contributed by atoms with Gasteiger partial charge in [-0.2, -0.15) is 0 Å². The third-order valence-corrected chi connectivity index (χ3v) is 2.55. The smallest absolute Gasteiger partial charge is 0.194 e. The Morgan fingerprint density at radius 2 is 1.88 bits per heavy atom. The molecule has 1 aromatic heterocycles. The van der Waals surface area contributed by atoms with Crippen LogP contribution in [0.2, 0.25) is 0 Å². The summed E-state index contributed by atoms with van der Waals surface area (Å²) in [6.45, 7) is 2.10. The first kappa shape index (κ1) is 10.6. The lowest BCUT2D eigenvalue weighted by Gasteiger charge is -2.01. The summed E-state index contributed by atoms with van der Waals surface area (Å²) < 4.78 is 0. The summed E-state index contributed by atoms with van der Waals surface area (Å²) in [5.74, 6) is 0.0238. The molecular formula is C14H13NO. The largest absolute Gasteiger partial charge is 0.289 e. The zero-order valence-corrected chi connectivity index (χ0v) is 9.18. The quantitative estimate of drug-likeness (QED) is 0.731. The van der Waals surface area contributed by atoms with Crippen molar-refractivity contribution in [1.82, 2.24) is 4.98 Å². The molecule has 1 heterocycles. The van der Waals surface area contributed by atoms with E-state index in [-0.39, 0.29) is 5.78 Å². The van der Waals surface area contributed by atoms with E-state index in [4.69, 9.17) is 0 Å². The molecule has 16 heavy (non-hydrogen) atoms. The van der Waals surface area contributed by atoms with Gasteiger partial charge in [0, 0.05) is 23.5 Å². The molecule has 0 bridgehead atoms. The monoisotopic (exact) mass is 211 g/mol. The molecule has 0 aliphatic rings. The van der Waals surface area contributed by atoms with E-state index in [0.717, 1.165) is 6.42 Å².